The summed E-state index contributed by atoms with van der Waals surface area (Å²) in [6, 6.07) is 15.5. The summed E-state index contributed by atoms with van der Waals surface area (Å²) in [6.45, 7) is 2.86. The molecule has 1 aliphatic heterocycles. The smallest absolute Gasteiger partial charge is 0.265 e. The van der Waals surface area contributed by atoms with Gasteiger partial charge in [-0.1, -0.05) is 60.4 Å². The molecular weight excluding hydrogens is 366 g/mol. The lowest BCUT2D eigenvalue weighted by Gasteiger charge is -2.12. The minimum Gasteiger partial charge on any atom is -0.490 e. The van der Waals surface area contributed by atoms with Crippen molar-refractivity contribution in [3.8, 4) is 11.5 Å². The predicted molar refractivity (Wildman–Crippen MR) is 110 cm³/mol. The fourth-order valence-electron chi connectivity index (χ4n) is 2.44. The number of amides is 1. The van der Waals surface area contributed by atoms with Crippen LogP contribution in [-0.2, 0) is 4.79 Å². The van der Waals surface area contributed by atoms with Crippen LogP contribution in [0.2, 0.25) is 0 Å². The molecule has 0 atom stereocenters. The number of hydrogen-bond donors (Lipinski definition) is 0. The first-order chi connectivity index (χ1) is 12.6. The van der Waals surface area contributed by atoms with E-state index in [2.05, 4.69) is 0 Å². The van der Waals surface area contributed by atoms with Gasteiger partial charge in [0.05, 0.1) is 4.91 Å². The molecule has 4 nitrogen and oxygen atoms in total. The average Bonchev–Trinajstić information content (AvgIpc) is 2.88. The summed E-state index contributed by atoms with van der Waals surface area (Å²) >= 11 is 6.47. The second kappa shape index (κ2) is 8.38. The van der Waals surface area contributed by atoms with E-state index in [-0.39, 0.29) is 5.91 Å². The Labute approximate surface area is 162 Å². The van der Waals surface area contributed by atoms with E-state index < -0.39 is 0 Å². The molecule has 0 N–H and O–H groups in total. The van der Waals surface area contributed by atoms with Crippen LogP contribution in [0, 0.1) is 6.92 Å². The number of thioether (sulfide) groups is 1. The fraction of sp³-hybridized carbons (Fsp3) is 0.200. The minimum atomic E-state index is -0.0855. The van der Waals surface area contributed by atoms with Crippen molar-refractivity contribution < 1.29 is 14.3 Å². The highest BCUT2D eigenvalue weighted by Crippen LogP contribution is 2.33. The Hall–Kier alpha value is -2.31. The largest absolute Gasteiger partial charge is 0.490 e. The Balaban J connectivity index is 1.64. The highest BCUT2D eigenvalue weighted by Gasteiger charge is 2.28. The van der Waals surface area contributed by atoms with Crippen LogP contribution in [0.25, 0.3) is 6.08 Å². The van der Waals surface area contributed by atoms with Crippen molar-refractivity contribution in [2.75, 3.05) is 20.3 Å². The van der Waals surface area contributed by atoms with Gasteiger partial charge in [-0.15, -0.1) is 0 Å². The Kier molecular flexibility index (Phi) is 5.96. The van der Waals surface area contributed by atoms with E-state index in [1.165, 1.54) is 16.7 Å². The van der Waals surface area contributed by atoms with Crippen LogP contribution in [0.3, 0.4) is 0 Å². The van der Waals surface area contributed by atoms with Gasteiger partial charge >= 0.3 is 0 Å². The molecule has 2 aromatic rings. The number of carbonyl (C=O) groups is 1. The standard InChI is InChI=1S/C20H19NO3S2/c1-14-7-3-5-9-16(14)23-11-12-24-17-10-6-4-8-15(17)13-18-19(22)21(2)20(25)26-18/h3-10,13H,11-12H2,1-2H3/b18-13+. The Morgan fingerprint density at radius 1 is 1.04 bits per heavy atom. The normalized spacial score (nSPS) is 15.6. The van der Waals surface area contributed by atoms with Gasteiger partial charge in [0.1, 0.15) is 29.0 Å². The van der Waals surface area contributed by atoms with Crippen molar-refractivity contribution in [2.24, 2.45) is 0 Å². The van der Waals surface area contributed by atoms with Crippen molar-refractivity contribution in [3.63, 3.8) is 0 Å². The van der Waals surface area contributed by atoms with Crippen molar-refractivity contribution in [3.05, 3.63) is 64.6 Å². The first-order valence-electron chi connectivity index (χ1n) is 8.18. The zero-order chi connectivity index (χ0) is 18.5. The lowest BCUT2D eigenvalue weighted by atomic mass is 10.2. The van der Waals surface area contributed by atoms with Crippen LogP contribution in [0.4, 0.5) is 0 Å². The molecule has 0 saturated carbocycles. The van der Waals surface area contributed by atoms with Crippen LogP contribution in [0.1, 0.15) is 11.1 Å². The molecule has 1 saturated heterocycles. The van der Waals surface area contributed by atoms with Crippen LogP contribution in [0.15, 0.2) is 53.4 Å². The molecule has 134 valence electrons. The van der Waals surface area contributed by atoms with Crippen LogP contribution in [0.5, 0.6) is 11.5 Å². The summed E-state index contributed by atoms with van der Waals surface area (Å²) in [5.74, 6) is 1.48. The third-order valence-corrected chi connectivity index (χ3v) is 5.37. The van der Waals surface area contributed by atoms with Gasteiger partial charge in [-0.2, -0.15) is 0 Å². The molecule has 1 heterocycles. The SMILES string of the molecule is Cc1ccccc1OCCOc1ccccc1/C=C1/SC(=S)N(C)C1=O. The second-order valence-electron chi connectivity index (χ2n) is 5.74. The zero-order valence-electron chi connectivity index (χ0n) is 14.6. The van der Waals surface area contributed by atoms with Crippen LogP contribution >= 0.6 is 24.0 Å². The summed E-state index contributed by atoms with van der Waals surface area (Å²) < 4.78 is 12.2. The third kappa shape index (κ3) is 4.26. The van der Waals surface area contributed by atoms with Gasteiger partial charge in [0.25, 0.3) is 5.91 Å². The van der Waals surface area contributed by atoms with Crippen molar-refractivity contribution in [1.82, 2.24) is 4.90 Å². The molecule has 1 fully saturated rings. The predicted octanol–water partition coefficient (Wildman–Crippen LogP) is 4.28. The quantitative estimate of drug-likeness (QED) is 0.421. The van der Waals surface area contributed by atoms with Crippen molar-refractivity contribution in [2.45, 2.75) is 6.92 Å². The van der Waals surface area contributed by atoms with Crippen LogP contribution < -0.4 is 9.47 Å². The molecule has 26 heavy (non-hydrogen) atoms. The molecule has 0 bridgehead atoms. The van der Waals surface area contributed by atoms with Gasteiger partial charge in [-0.3, -0.25) is 9.69 Å². The maximum absolute atomic E-state index is 12.2. The highest BCUT2D eigenvalue weighted by molar-refractivity contribution is 8.26. The van der Waals surface area contributed by atoms with Gasteiger partial charge in [0, 0.05) is 12.6 Å². The molecule has 0 radical (unpaired) electrons. The van der Waals surface area contributed by atoms with E-state index in [9.17, 15) is 4.79 Å². The summed E-state index contributed by atoms with van der Waals surface area (Å²) in [4.78, 5) is 14.2. The summed E-state index contributed by atoms with van der Waals surface area (Å²) in [6.07, 6.45) is 1.82. The fourth-order valence-corrected chi connectivity index (χ4v) is 3.61. The summed E-state index contributed by atoms with van der Waals surface area (Å²) in [7, 11) is 1.68. The van der Waals surface area contributed by atoms with Crippen LogP contribution in [-0.4, -0.2) is 35.4 Å². The number of carbonyl (C=O) groups excluding carboxylic acids is 1. The van der Waals surface area contributed by atoms with E-state index in [1.807, 2.05) is 61.5 Å². The molecule has 0 spiro atoms. The molecule has 3 rings (SSSR count). The maximum atomic E-state index is 12.2. The zero-order valence-corrected chi connectivity index (χ0v) is 16.2. The van der Waals surface area contributed by atoms with E-state index in [0.29, 0.717) is 28.2 Å². The number of para-hydroxylation sites is 2. The molecular formula is C20H19NO3S2. The van der Waals surface area contributed by atoms with Crippen molar-refractivity contribution >= 4 is 40.3 Å². The Morgan fingerprint density at radius 2 is 1.65 bits per heavy atom. The molecule has 0 aromatic heterocycles. The number of thiocarbonyl (C=S) groups is 1. The first kappa shape index (κ1) is 18.5. The summed E-state index contributed by atoms with van der Waals surface area (Å²) in [5, 5.41) is 0. The number of nitrogens with zero attached hydrogens (tertiary/aromatic N) is 1. The van der Waals surface area contributed by atoms with E-state index in [1.54, 1.807) is 7.05 Å². The van der Waals surface area contributed by atoms with Gasteiger partial charge in [-0.05, 0) is 30.7 Å². The Morgan fingerprint density at radius 3 is 2.31 bits per heavy atom. The first-order valence-corrected chi connectivity index (χ1v) is 9.40. The topological polar surface area (TPSA) is 38.8 Å². The number of hydrogen-bond acceptors (Lipinski definition) is 5. The Bertz CT molecular complexity index is 864. The molecule has 1 amide bonds. The van der Waals surface area contributed by atoms with Crippen molar-refractivity contribution in [1.29, 1.82) is 0 Å². The number of rotatable bonds is 6. The summed E-state index contributed by atoms with van der Waals surface area (Å²) in [5.41, 5.74) is 1.94. The number of benzene rings is 2. The van der Waals surface area contributed by atoms with E-state index in [4.69, 9.17) is 21.7 Å². The lowest BCUT2D eigenvalue weighted by Crippen LogP contribution is -2.22. The molecule has 0 unspecified atom stereocenters. The van der Waals surface area contributed by atoms with Gasteiger partial charge in [0.2, 0.25) is 0 Å². The average molecular weight is 386 g/mol. The monoisotopic (exact) mass is 385 g/mol. The minimum absolute atomic E-state index is 0.0855. The lowest BCUT2D eigenvalue weighted by molar-refractivity contribution is -0.121. The molecule has 6 heteroatoms. The maximum Gasteiger partial charge on any atom is 0.265 e. The number of aryl methyl sites for hydroxylation is 1. The number of ether oxygens (including phenoxy) is 2. The van der Waals surface area contributed by atoms with Gasteiger partial charge in [-0.25, -0.2) is 0 Å². The number of likely N-dealkylation sites (N-methyl/N-ethyl adjacent to an activating group) is 1. The second-order valence-corrected chi connectivity index (χ2v) is 7.42. The van der Waals surface area contributed by atoms with E-state index in [0.717, 1.165) is 16.9 Å². The highest BCUT2D eigenvalue weighted by atomic mass is 32.2. The molecule has 2 aromatic carbocycles. The third-order valence-electron chi connectivity index (χ3n) is 3.88. The van der Waals surface area contributed by atoms with Gasteiger partial charge in [0.15, 0.2) is 0 Å². The molecule has 1 aliphatic rings. The molecule has 0 aliphatic carbocycles. The van der Waals surface area contributed by atoms with E-state index >= 15 is 0 Å². The van der Waals surface area contributed by atoms with Gasteiger partial charge < -0.3 is 9.47 Å².